The van der Waals surface area contributed by atoms with Gasteiger partial charge < -0.3 is 13.9 Å². The van der Waals surface area contributed by atoms with Crippen molar-refractivity contribution in [2.24, 2.45) is 0 Å². The number of benzene rings is 4. The van der Waals surface area contributed by atoms with E-state index in [0.29, 0.717) is 5.89 Å². The molecule has 0 fully saturated rings. The Kier molecular flexibility index (Phi) is 4.66. The Bertz CT molecular complexity index is 1240. The number of nitrogens with zero attached hydrogens (tertiary/aromatic N) is 1. The summed E-state index contributed by atoms with van der Waals surface area (Å²) in [5, 5.41) is 0. The van der Waals surface area contributed by atoms with E-state index in [1.165, 1.54) is 0 Å². The Morgan fingerprint density at radius 2 is 1.13 bits per heavy atom. The first-order chi connectivity index (χ1) is 14.8. The Morgan fingerprint density at radius 3 is 1.77 bits per heavy atom. The van der Waals surface area contributed by atoms with Gasteiger partial charge in [-0.2, -0.15) is 0 Å². The molecule has 5 aromatic rings. The van der Waals surface area contributed by atoms with Gasteiger partial charge in [-0.15, -0.1) is 0 Å². The summed E-state index contributed by atoms with van der Waals surface area (Å²) >= 11 is 0. The minimum Gasteiger partial charge on any atom is -0.497 e. The zero-order chi connectivity index (χ0) is 20.3. The molecule has 0 aliphatic carbocycles. The molecule has 0 aliphatic rings. The molecule has 0 saturated heterocycles. The number of para-hydroxylation sites is 2. The van der Waals surface area contributed by atoms with Gasteiger partial charge >= 0.3 is 0 Å². The summed E-state index contributed by atoms with van der Waals surface area (Å²) in [6.07, 6.45) is 0. The molecule has 4 aromatic carbocycles. The fraction of sp³-hybridized carbons (Fsp3) is 0.0385. The molecule has 0 radical (unpaired) electrons. The molecule has 30 heavy (non-hydrogen) atoms. The first-order valence-corrected chi connectivity index (χ1v) is 9.67. The lowest BCUT2D eigenvalue weighted by Gasteiger charge is -2.08. The highest BCUT2D eigenvalue weighted by Crippen LogP contribution is 2.29. The van der Waals surface area contributed by atoms with Gasteiger partial charge in [0.05, 0.1) is 7.11 Å². The summed E-state index contributed by atoms with van der Waals surface area (Å²) in [7, 11) is 1.65. The minimum absolute atomic E-state index is 0.631. The molecule has 1 heterocycles. The summed E-state index contributed by atoms with van der Waals surface area (Å²) in [5.74, 6) is 2.99. The van der Waals surface area contributed by atoms with Crippen molar-refractivity contribution >= 4 is 11.1 Å². The third-order valence-corrected chi connectivity index (χ3v) is 4.91. The number of rotatable bonds is 5. The summed E-state index contributed by atoms with van der Waals surface area (Å²) < 4.78 is 16.9. The van der Waals surface area contributed by atoms with E-state index >= 15 is 0 Å². The summed E-state index contributed by atoms with van der Waals surface area (Å²) in [5.41, 5.74) is 4.84. The molecule has 0 bridgehead atoms. The average Bonchev–Trinajstić information content (AvgIpc) is 3.25. The van der Waals surface area contributed by atoms with Gasteiger partial charge in [-0.1, -0.05) is 36.4 Å². The van der Waals surface area contributed by atoms with Crippen LogP contribution >= 0.6 is 0 Å². The van der Waals surface area contributed by atoms with Crippen molar-refractivity contribution in [3.05, 3.63) is 97.1 Å². The van der Waals surface area contributed by atoms with Gasteiger partial charge in [0.25, 0.3) is 0 Å². The molecule has 5 rings (SSSR count). The van der Waals surface area contributed by atoms with Crippen molar-refractivity contribution in [2.75, 3.05) is 7.11 Å². The number of fused-ring (bicyclic) bond motifs is 1. The Morgan fingerprint density at radius 1 is 0.600 bits per heavy atom. The second-order valence-electron chi connectivity index (χ2n) is 6.87. The Labute approximate surface area is 174 Å². The van der Waals surface area contributed by atoms with Crippen molar-refractivity contribution in [2.45, 2.75) is 0 Å². The van der Waals surface area contributed by atoms with Gasteiger partial charge in [-0.25, -0.2) is 4.98 Å². The molecular formula is C26H19NO3. The van der Waals surface area contributed by atoms with E-state index in [9.17, 15) is 0 Å². The van der Waals surface area contributed by atoms with E-state index in [4.69, 9.17) is 13.9 Å². The van der Waals surface area contributed by atoms with Crippen LogP contribution in [0.5, 0.6) is 17.2 Å². The lowest BCUT2D eigenvalue weighted by Crippen LogP contribution is -1.86. The monoisotopic (exact) mass is 393 g/mol. The number of methoxy groups -OCH3 is 1. The van der Waals surface area contributed by atoms with Crippen LogP contribution in [-0.4, -0.2) is 12.1 Å². The largest absolute Gasteiger partial charge is 0.497 e. The SMILES string of the molecule is COc1ccc(Oc2ccc(-c3ccc(-c4nc5ccccc5o4)cc3)cc2)cc1. The van der Waals surface area contributed by atoms with Crippen LogP contribution in [0.3, 0.4) is 0 Å². The zero-order valence-electron chi connectivity index (χ0n) is 16.4. The Balaban J connectivity index is 1.32. The van der Waals surface area contributed by atoms with Gasteiger partial charge in [0.1, 0.15) is 22.8 Å². The zero-order valence-corrected chi connectivity index (χ0v) is 16.4. The van der Waals surface area contributed by atoms with Crippen LogP contribution in [0.2, 0.25) is 0 Å². The lowest BCUT2D eigenvalue weighted by atomic mass is 10.0. The van der Waals surface area contributed by atoms with Crippen LogP contribution in [0.4, 0.5) is 0 Å². The molecule has 1 aromatic heterocycles. The van der Waals surface area contributed by atoms with Crippen molar-refractivity contribution in [1.29, 1.82) is 0 Å². The Hall–Kier alpha value is -4.05. The third-order valence-electron chi connectivity index (χ3n) is 4.91. The number of oxazole rings is 1. The molecule has 146 valence electrons. The van der Waals surface area contributed by atoms with Gasteiger partial charge in [0.2, 0.25) is 5.89 Å². The molecule has 0 saturated carbocycles. The van der Waals surface area contributed by atoms with Crippen molar-refractivity contribution in [1.82, 2.24) is 4.98 Å². The van der Waals surface area contributed by atoms with Crippen LogP contribution < -0.4 is 9.47 Å². The minimum atomic E-state index is 0.631. The molecule has 4 heteroatoms. The second kappa shape index (κ2) is 7.76. The molecule has 0 N–H and O–H groups in total. The second-order valence-corrected chi connectivity index (χ2v) is 6.87. The van der Waals surface area contributed by atoms with E-state index in [0.717, 1.165) is 45.0 Å². The van der Waals surface area contributed by atoms with E-state index in [-0.39, 0.29) is 0 Å². The third kappa shape index (κ3) is 3.63. The van der Waals surface area contributed by atoms with Gasteiger partial charge in [0, 0.05) is 5.56 Å². The molecule has 0 unspecified atom stereocenters. The van der Waals surface area contributed by atoms with Crippen molar-refractivity contribution < 1.29 is 13.9 Å². The quantitative estimate of drug-likeness (QED) is 0.324. The number of ether oxygens (including phenoxy) is 2. The molecule has 4 nitrogen and oxygen atoms in total. The molecule has 0 aliphatic heterocycles. The smallest absolute Gasteiger partial charge is 0.227 e. The van der Waals surface area contributed by atoms with Crippen LogP contribution in [0.15, 0.2) is 101 Å². The maximum absolute atomic E-state index is 5.90. The topological polar surface area (TPSA) is 44.5 Å². The predicted octanol–water partition coefficient (Wildman–Crippen LogP) is 6.96. The van der Waals surface area contributed by atoms with Gasteiger partial charge in [-0.3, -0.25) is 0 Å². The van der Waals surface area contributed by atoms with Crippen LogP contribution in [0.25, 0.3) is 33.7 Å². The summed E-state index contributed by atoms with van der Waals surface area (Å²) in [4.78, 5) is 4.56. The van der Waals surface area contributed by atoms with E-state index < -0.39 is 0 Å². The highest BCUT2D eigenvalue weighted by atomic mass is 16.5. The van der Waals surface area contributed by atoms with Crippen LogP contribution in [0, 0.1) is 0 Å². The van der Waals surface area contributed by atoms with Gasteiger partial charge in [0.15, 0.2) is 5.58 Å². The lowest BCUT2D eigenvalue weighted by molar-refractivity contribution is 0.413. The summed E-state index contributed by atoms with van der Waals surface area (Å²) in [6.45, 7) is 0. The van der Waals surface area contributed by atoms with E-state index in [1.54, 1.807) is 7.11 Å². The van der Waals surface area contributed by atoms with Crippen molar-refractivity contribution in [3.8, 4) is 39.8 Å². The first-order valence-electron chi connectivity index (χ1n) is 9.67. The molecular weight excluding hydrogens is 374 g/mol. The predicted molar refractivity (Wildman–Crippen MR) is 118 cm³/mol. The van der Waals surface area contributed by atoms with Crippen LogP contribution in [-0.2, 0) is 0 Å². The fourth-order valence-corrected chi connectivity index (χ4v) is 3.30. The normalized spacial score (nSPS) is 10.8. The summed E-state index contributed by atoms with van der Waals surface area (Å²) in [6, 6.07) is 31.5. The number of aromatic nitrogens is 1. The number of hydrogen-bond donors (Lipinski definition) is 0. The average molecular weight is 393 g/mol. The fourth-order valence-electron chi connectivity index (χ4n) is 3.30. The van der Waals surface area contributed by atoms with E-state index in [1.807, 2.05) is 84.9 Å². The molecule has 0 atom stereocenters. The molecule has 0 spiro atoms. The molecule has 0 amide bonds. The van der Waals surface area contributed by atoms with Crippen molar-refractivity contribution in [3.63, 3.8) is 0 Å². The first kappa shape index (κ1) is 18.0. The number of hydrogen-bond acceptors (Lipinski definition) is 4. The van der Waals surface area contributed by atoms with Gasteiger partial charge in [-0.05, 0) is 71.8 Å². The maximum Gasteiger partial charge on any atom is 0.227 e. The maximum atomic E-state index is 5.90. The standard InChI is InChI=1S/C26H19NO3/c1-28-21-14-16-23(17-15-21)29-22-12-10-19(11-13-22)18-6-8-20(9-7-18)26-27-24-4-2-3-5-25(24)30-26/h2-17H,1H3. The van der Waals surface area contributed by atoms with E-state index in [2.05, 4.69) is 17.1 Å². The highest BCUT2D eigenvalue weighted by molar-refractivity contribution is 5.76. The van der Waals surface area contributed by atoms with Crippen LogP contribution in [0.1, 0.15) is 0 Å². The highest BCUT2D eigenvalue weighted by Gasteiger charge is 2.08.